The zero-order valence-electron chi connectivity index (χ0n) is 17.2. The van der Waals surface area contributed by atoms with Gasteiger partial charge in [0.05, 0.1) is 17.5 Å². The number of halogens is 1. The number of benzene rings is 1. The molecule has 1 aromatic carbocycles. The van der Waals surface area contributed by atoms with Gasteiger partial charge in [-0.05, 0) is 50.8 Å². The standard InChI is InChI=1S/C21H31FN2O4S/c1-3-24(19-7-12-29(26,27)14-19)20(25)16(2)23-15-21(8-10-28-11-9-21)17-5-4-6-18(22)13-17/h4-6,13,16,19,23H,3,7-12,14-15H2,1-2H3. The Kier molecular flexibility index (Phi) is 6.96. The van der Waals surface area contributed by atoms with Crippen LogP contribution in [0.1, 0.15) is 38.7 Å². The van der Waals surface area contributed by atoms with Crippen LogP contribution in [-0.2, 0) is 24.8 Å². The van der Waals surface area contributed by atoms with E-state index in [-0.39, 0.29) is 34.7 Å². The first-order chi connectivity index (χ1) is 13.8. The Morgan fingerprint density at radius 1 is 1.38 bits per heavy atom. The molecule has 6 nitrogen and oxygen atoms in total. The van der Waals surface area contributed by atoms with Crippen LogP contribution >= 0.6 is 0 Å². The summed E-state index contributed by atoms with van der Waals surface area (Å²) < 4.78 is 43.0. The lowest BCUT2D eigenvalue weighted by Crippen LogP contribution is -2.53. The Morgan fingerprint density at radius 2 is 2.10 bits per heavy atom. The van der Waals surface area contributed by atoms with E-state index in [1.165, 1.54) is 6.07 Å². The molecule has 1 aromatic rings. The number of likely N-dealkylation sites (N-methyl/N-ethyl adjacent to an activating group) is 1. The van der Waals surface area contributed by atoms with E-state index in [1.807, 2.05) is 19.9 Å². The molecule has 2 unspecified atom stereocenters. The molecule has 8 heteroatoms. The molecule has 0 saturated carbocycles. The van der Waals surface area contributed by atoms with Gasteiger partial charge in [0.1, 0.15) is 5.82 Å². The molecule has 3 rings (SSSR count). The van der Waals surface area contributed by atoms with Crippen molar-refractivity contribution in [1.29, 1.82) is 0 Å². The van der Waals surface area contributed by atoms with Crippen molar-refractivity contribution in [3.63, 3.8) is 0 Å². The minimum atomic E-state index is -3.05. The number of nitrogens with zero attached hydrogens (tertiary/aromatic N) is 1. The smallest absolute Gasteiger partial charge is 0.239 e. The highest BCUT2D eigenvalue weighted by molar-refractivity contribution is 7.91. The van der Waals surface area contributed by atoms with Gasteiger partial charge in [0, 0.05) is 37.8 Å². The van der Waals surface area contributed by atoms with Gasteiger partial charge in [-0.1, -0.05) is 12.1 Å². The van der Waals surface area contributed by atoms with E-state index in [9.17, 15) is 17.6 Å². The molecule has 0 radical (unpaired) electrons. The first kappa shape index (κ1) is 22.2. The number of carbonyl (C=O) groups excluding carboxylic acids is 1. The van der Waals surface area contributed by atoms with E-state index in [4.69, 9.17) is 4.74 Å². The Hall–Kier alpha value is -1.51. The molecule has 0 spiro atoms. The highest BCUT2D eigenvalue weighted by atomic mass is 32.2. The maximum atomic E-state index is 13.8. The maximum absolute atomic E-state index is 13.8. The maximum Gasteiger partial charge on any atom is 0.239 e. The Balaban J connectivity index is 1.69. The topological polar surface area (TPSA) is 75.7 Å². The molecule has 1 N–H and O–H groups in total. The van der Waals surface area contributed by atoms with Crippen LogP contribution in [0.5, 0.6) is 0 Å². The van der Waals surface area contributed by atoms with Crippen molar-refractivity contribution in [2.24, 2.45) is 0 Å². The third kappa shape index (κ3) is 5.16. The van der Waals surface area contributed by atoms with Crippen LogP contribution < -0.4 is 5.32 Å². The first-order valence-corrected chi connectivity index (χ1v) is 12.2. The van der Waals surface area contributed by atoms with Gasteiger partial charge in [-0.2, -0.15) is 0 Å². The van der Waals surface area contributed by atoms with Crippen LogP contribution in [0.4, 0.5) is 4.39 Å². The zero-order valence-corrected chi connectivity index (χ0v) is 18.0. The summed E-state index contributed by atoms with van der Waals surface area (Å²) in [6, 6.07) is 5.96. The van der Waals surface area contributed by atoms with Gasteiger partial charge in [0.15, 0.2) is 9.84 Å². The predicted octanol–water partition coefficient (Wildman–Crippen LogP) is 1.89. The number of hydrogen-bond donors (Lipinski definition) is 1. The molecule has 2 saturated heterocycles. The van der Waals surface area contributed by atoms with Crippen LogP contribution in [0.3, 0.4) is 0 Å². The molecule has 29 heavy (non-hydrogen) atoms. The number of rotatable bonds is 7. The molecular formula is C21H31FN2O4S. The number of ether oxygens (including phenoxy) is 1. The normalized spacial score (nSPS) is 24.2. The summed E-state index contributed by atoms with van der Waals surface area (Å²) >= 11 is 0. The summed E-state index contributed by atoms with van der Waals surface area (Å²) in [4.78, 5) is 14.7. The second-order valence-corrected chi connectivity index (χ2v) is 10.4. The van der Waals surface area contributed by atoms with E-state index in [0.717, 1.165) is 18.4 Å². The fourth-order valence-corrected chi connectivity index (χ4v) is 6.18. The quantitative estimate of drug-likeness (QED) is 0.721. The van der Waals surface area contributed by atoms with E-state index in [2.05, 4.69) is 5.32 Å². The number of nitrogens with one attached hydrogen (secondary N) is 1. The summed E-state index contributed by atoms with van der Waals surface area (Å²) in [5, 5.41) is 3.35. The van der Waals surface area contributed by atoms with Gasteiger partial charge >= 0.3 is 0 Å². The van der Waals surface area contributed by atoms with E-state index in [1.54, 1.807) is 17.0 Å². The monoisotopic (exact) mass is 426 g/mol. The fourth-order valence-electron chi connectivity index (χ4n) is 4.45. The molecule has 2 heterocycles. The number of sulfone groups is 1. The average Bonchev–Trinajstić information content (AvgIpc) is 3.06. The van der Waals surface area contributed by atoms with Gasteiger partial charge < -0.3 is 15.0 Å². The number of amides is 1. The lowest BCUT2D eigenvalue weighted by molar-refractivity contribution is -0.134. The summed E-state index contributed by atoms with van der Waals surface area (Å²) in [7, 11) is -3.05. The third-order valence-corrected chi connectivity index (χ3v) is 8.03. The lowest BCUT2D eigenvalue weighted by atomic mass is 9.74. The molecule has 162 valence electrons. The summed E-state index contributed by atoms with van der Waals surface area (Å²) in [5.41, 5.74) is 0.630. The molecule has 0 bridgehead atoms. The average molecular weight is 427 g/mol. The van der Waals surface area contributed by atoms with E-state index < -0.39 is 15.9 Å². The van der Waals surface area contributed by atoms with Gasteiger partial charge in [-0.15, -0.1) is 0 Å². The van der Waals surface area contributed by atoms with Crippen LogP contribution in [0, 0.1) is 5.82 Å². The van der Waals surface area contributed by atoms with Gasteiger partial charge in [0.25, 0.3) is 0 Å². The summed E-state index contributed by atoms with van der Waals surface area (Å²) in [6.45, 7) is 5.90. The third-order valence-electron chi connectivity index (χ3n) is 6.28. The van der Waals surface area contributed by atoms with Crippen LogP contribution in [0.25, 0.3) is 0 Å². The second kappa shape index (κ2) is 9.10. The number of hydrogen-bond acceptors (Lipinski definition) is 5. The zero-order chi connectivity index (χ0) is 21.1. The largest absolute Gasteiger partial charge is 0.381 e. The van der Waals surface area contributed by atoms with E-state index >= 15 is 0 Å². The van der Waals surface area contributed by atoms with Crippen molar-refractivity contribution in [3.05, 3.63) is 35.6 Å². The molecule has 1 amide bonds. The minimum absolute atomic E-state index is 0.0455. The molecule has 2 aliphatic heterocycles. The Morgan fingerprint density at radius 3 is 2.69 bits per heavy atom. The van der Waals surface area contributed by atoms with Crippen LogP contribution in [0.15, 0.2) is 24.3 Å². The lowest BCUT2D eigenvalue weighted by Gasteiger charge is -2.39. The molecule has 2 fully saturated rings. The molecule has 2 atom stereocenters. The molecule has 0 aromatic heterocycles. The van der Waals surface area contributed by atoms with Crippen LogP contribution in [0.2, 0.25) is 0 Å². The van der Waals surface area contributed by atoms with Gasteiger partial charge in [-0.3, -0.25) is 4.79 Å². The SMILES string of the molecule is CCN(C(=O)C(C)NCC1(c2cccc(F)c2)CCOCC1)C1CCS(=O)(=O)C1. The van der Waals surface area contributed by atoms with Crippen molar-refractivity contribution >= 4 is 15.7 Å². The first-order valence-electron chi connectivity index (χ1n) is 10.3. The van der Waals surface area contributed by atoms with Gasteiger partial charge in [-0.25, -0.2) is 12.8 Å². The van der Waals surface area contributed by atoms with Crippen molar-refractivity contribution in [2.45, 2.75) is 50.6 Å². The highest BCUT2D eigenvalue weighted by Crippen LogP contribution is 2.34. The summed E-state index contributed by atoms with van der Waals surface area (Å²) in [5.74, 6) is -0.163. The predicted molar refractivity (Wildman–Crippen MR) is 110 cm³/mol. The summed E-state index contributed by atoms with van der Waals surface area (Å²) in [6.07, 6.45) is 2.00. The second-order valence-electron chi connectivity index (χ2n) is 8.19. The number of carbonyl (C=O) groups is 1. The van der Waals surface area contributed by atoms with Crippen LogP contribution in [-0.4, -0.2) is 69.1 Å². The van der Waals surface area contributed by atoms with Crippen molar-refractivity contribution < 1.29 is 22.3 Å². The fraction of sp³-hybridized carbons (Fsp3) is 0.667. The highest BCUT2D eigenvalue weighted by Gasteiger charge is 2.38. The van der Waals surface area contributed by atoms with E-state index in [0.29, 0.717) is 32.7 Å². The molecule has 2 aliphatic rings. The molecule has 0 aliphatic carbocycles. The Labute approximate surface area is 172 Å². The van der Waals surface area contributed by atoms with Gasteiger partial charge in [0.2, 0.25) is 5.91 Å². The van der Waals surface area contributed by atoms with Crippen molar-refractivity contribution in [3.8, 4) is 0 Å². The van der Waals surface area contributed by atoms with Crippen molar-refractivity contribution in [2.75, 3.05) is 37.8 Å². The van der Waals surface area contributed by atoms with Crippen molar-refractivity contribution in [1.82, 2.24) is 10.2 Å². The minimum Gasteiger partial charge on any atom is -0.381 e. The Bertz CT molecular complexity index is 824. The molecular weight excluding hydrogens is 395 g/mol.